The number of fused-ring (bicyclic) bond motifs is 1. The monoisotopic (exact) mass is 383 g/mol. The van der Waals surface area contributed by atoms with Gasteiger partial charge in [-0.2, -0.15) is 0 Å². The summed E-state index contributed by atoms with van der Waals surface area (Å²) in [5, 5.41) is 1.09. The third-order valence-corrected chi connectivity index (χ3v) is 7.00. The predicted molar refractivity (Wildman–Crippen MR) is 113 cm³/mol. The van der Waals surface area contributed by atoms with E-state index in [-0.39, 0.29) is 0 Å². The lowest BCUT2D eigenvalue weighted by molar-refractivity contribution is 0.0894. The van der Waals surface area contributed by atoms with Crippen molar-refractivity contribution in [3.05, 3.63) is 30.5 Å². The number of likely N-dealkylation sites (tertiary alicyclic amines) is 1. The van der Waals surface area contributed by atoms with Crippen LogP contribution in [0.3, 0.4) is 0 Å². The second kappa shape index (κ2) is 8.16. The number of piperidine rings is 1. The van der Waals surface area contributed by atoms with Crippen LogP contribution in [-0.4, -0.2) is 34.7 Å². The summed E-state index contributed by atoms with van der Waals surface area (Å²) >= 11 is 0. The van der Waals surface area contributed by atoms with E-state index in [1.807, 2.05) is 18.2 Å². The molecular weight excluding hydrogens is 350 g/mol. The number of benzene rings is 1. The molecule has 4 rings (SSSR count). The number of aromatic nitrogens is 1. The molecule has 0 atom stereocenters. The van der Waals surface area contributed by atoms with Crippen LogP contribution >= 0.6 is 0 Å². The van der Waals surface area contributed by atoms with Gasteiger partial charge in [0.05, 0.1) is 0 Å². The van der Waals surface area contributed by atoms with E-state index in [2.05, 4.69) is 35.6 Å². The number of hydrogen-bond acceptors (Lipinski definition) is 3. The molecule has 5 nitrogen and oxygen atoms in total. The predicted octanol–water partition coefficient (Wildman–Crippen LogP) is 4.95. The summed E-state index contributed by atoms with van der Waals surface area (Å²) in [6.45, 7) is 7.15. The van der Waals surface area contributed by atoms with Gasteiger partial charge in [0, 0.05) is 42.3 Å². The zero-order valence-corrected chi connectivity index (χ0v) is 17.1. The van der Waals surface area contributed by atoms with E-state index in [0.29, 0.717) is 11.8 Å². The topological polar surface area (TPSA) is 60.5 Å². The van der Waals surface area contributed by atoms with E-state index in [0.717, 1.165) is 23.3 Å². The number of amides is 1. The first-order valence-corrected chi connectivity index (χ1v) is 10.8. The van der Waals surface area contributed by atoms with Gasteiger partial charge in [-0.05, 0) is 74.6 Å². The van der Waals surface area contributed by atoms with Crippen molar-refractivity contribution in [1.29, 1.82) is 0 Å². The van der Waals surface area contributed by atoms with Crippen molar-refractivity contribution < 1.29 is 9.53 Å². The Hall–Kier alpha value is -2.01. The van der Waals surface area contributed by atoms with Crippen LogP contribution in [0.5, 0.6) is 5.75 Å². The Bertz CT molecular complexity index is 812. The third-order valence-electron chi connectivity index (χ3n) is 7.00. The molecule has 0 bridgehead atoms. The minimum Gasteiger partial charge on any atom is -0.410 e. The molecule has 2 aromatic rings. The number of carbonyl (C=O) groups excluding carboxylic acids is 1. The molecule has 2 aliphatic rings. The standard InChI is InChI=1S/C23H33N3O2/c1-16(2)17-3-5-19(6-4-17)25-12-10-20(11-13-25)26-14-9-18-15-21(28-23(24)27)7-8-22(18)26/h7-9,14-17,19-20H,3-6,10-13H2,1-2H3,(H2,24,27)/t17-,19+. The van der Waals surface area contributed by atoms with Crippen LogP contribution < -0.4 is 10.5 Å². The molecular formula is C23H33N3O2. The van der Waals surface area contributed by atoms with Gasteiger partial charge in [0.15, 0.2) is 0 Å². The lowest BCUT2D eigenvalue weighted by atomic mass is 9.79. The number of carbonyl (C=O) groups is 1. The molecule has 0 spiro atoms. The van der Waals surface area contributed by atoms with E-state index in [4.69, 9.17) is 10.5 Å². The molecule has 1 saturated heterocycles. The zero-order valence-electron chi connectivity index (χ0n) is 17.1. The normalized spacial score (nSPS) is 24.7. The fourth-order valence-corrected chi connectivity index (χ4v) is 5.30. The molecule has 0 radical (unpaired) electrons. The fraction of sp³-hybridized carbons (Fsp3) is 0.609. The highest BCUT2D eigenvalue weighted by molar-refractivity contribution is 5.82. The SMILES string of the molecule is CC(C)[C@H]1CC[C@@H](N2CCC(n3ccc4cc(OC(N)=O)ccc43)CC2)CC1. The lowest BCUT2D eigenvalue weighted by Crippen LogP contribution is -2.43. The summed E-state index contributed by atoms with van der Waals surface area (Å²) in [5.74, 6) is 2.27. The van der Waals surface area contributed by atoms with E-state index in [9.17, 15) is 4.79 Å². The van der Waals surface area contributed by atoms with Crippen LogP contribution in [0.4, 0.5) is 4.79 Å². The first-order chi connectivity index (χ1) is 13.5. The van der Waals surface area contributed by atoms with Gasteiger partial charge in [-0.15, -0.1) is 0 Å². The summed E-state index contributed by atoms with van der Waals surface area (Å²) in [6.07, 6.45) is 9.37. The van der Waals surface area contributed by atoms with Crippen molar-refractivity contribution in [2.45, 2.75) is 64.5 Å². The van der Waals surface area contributed by atoms with Crippen molar-refractivity contribution >= 4 is 17.0 Å². The van der Waals surface area contributed by atoms with Crippen molar-refractivity contribution in [3.8, 4) is 5.75 Å². The minimum absolute atomic E-state index is 0.504. The molecule has 152 valence electrons. The maximum atomic E-state index is 11.0. The number of hydrogen-bond donors (Lipinski definition) is 1. The van der Waals surface area contributed by atoms with Gasteiger partial charge < -0.3 is 19.9 Å². The first-order valence-electron chi connectivity index (χ1n) is 10.8. The number of nitrogens with two attached hydrogens (primary N) is 1. The van der Waals surface area contributed by atoms with Gasteiger partial charge in [-0.1, -0.05) is 13.8 Å². The Labute approximate surface area is 167 Å². The van der Waals surface area contributed by atoms with Gasteiger partial charge in [0.1, 0.15) is 5.75 Å². The van der Waals surface area contributed by atoms with Crippen LogP contribution in [0, 0.1) is 11.8 Å². The molecule has 2 N–H and O–H groups in total. The molecule has 1 aromatic heterocycles. The highest BCUT2D eigenvalue weighted by Gasteiger charge is 2.30. The van der Waals surface area contributed by atoms with Crippen LogP contribution in [0.15, 0.2) is 30.5 Å². The molecule has 1 amide bonds. The molecule has 2 heterocycles. The van der Waals surface area contributed by atoms with Crippen LogP contribution in [0.2, 0.25) is 0 Å². The molecule has 2 fully saturated rings. The van der Waals surface area contributed by atoms with Gasteiger partial charge in [-0.25, -0.2) is 4.79 Å². The maximum Gasteiger partial charge on any atom is 0.409 e. The molecule has 1 aliphatic carbocycles. The Morgan fingerprint density at radius 2 is 1.75 bits per heavy atom. The Balaban J connectivity index is 1.37. The largest absolute Gasteiger partial charge is 0.410 e. The first kappa shape index (κ1) is 19.3. The maximum absolute atomic E-state index is 11.0. The van der Waals surface area contributed by atoms with E-state index < -0.39 is 6.09 Å². The van der Waals surface area contributed by atoms with Crippen LogP contribution in [-0.2, 0) is 0 Å². The van der Waals surface area contributed by atoms with Gasteiger partial charge in [0.25, 0.3) is 0 Å². The van der Waals surface area contributed by atoms with E-state index >= 15 is 0 Å². The minimum atomic E-state index is -0.770. The zero-order chi connectivity index (χ0) is 19.7. The third kappa shape index (κ3) is 4.04. The summed E-state index contributed by atoms with van der Waals surface area (Å²) in [6, 6.07) is 9.19. The summed E-state index contributed by atoms with van der Waals surface area (Å²) in [7, 11) is 0. The number of rotatable bonds is 4. The lowest BCUT2D eigenvalue weighted by Gasteiger charge is -2.42. The molecule has 1 aromatic carbocycles. The van der Waals surface area contributed by atoms with Crippen LogP contribution in [0.1, 0.15) is 58.4 Å². The average Bonchev–Trinajstić information content (AvgIpc) is 3.11. The number of primary amides is 1. The average molecular weight is 384 g/mol. The molecule has 1 saturated carbocycles. The Kier molecular flexibility index (Phi) is 5.63. The second-order valence-electron chi connectivity index (χ2n) is 8.94. The van der Waals surface area contributed by atoms with Gasteiger partial charge in [-0.3, -0.25) is 0 Å². The summed E-state index contributed by atoms with van der Waals surface area (Å²) in [5.41, 5.74) is 6.32. The van der Waals surface area contributed by atoms with Gasteiger partial charge in [0.2, 0.25) is 0 Å². The quantitative estimate of drug-likeness (QED) is 0.812. The van der Waals surface area contributed by atoms with E-state index in [1.165, 1.54) is 57.1 Å². The molecule has 28 heavy (non-hydrogen) atoms. The van der Waals surface area contributed by atoms with Crippen molar-refractivity contribution in [1.82, 2.24) is 9.47 Å². The number of ether oxygens (including phenoxy) is 1. The molecule has 1 aliphatic heterocycles. The fourth-order valence-electron chi connectivity index (χ4n) is 5.30. The van der Waals surface area contributed by atoms with Gasteiger partial charge >= 0.3 is 6.09 Å². The van der Waals surface area contributed by atoms with Crippen LogP contribution in [0.25, 0.3) is 10.9 Å². The Morgan fingerprint density at radius 3 is 2.39 bits per heavy atom. The highest BCUT2D eigenvalue weighted by atomic mass is 16.5. The smallest absolute Gasteiger partial charge is 0.409 e. The second-order valence-corrected chi connectivity index (χ2v) is 8.94. The van der Waals surface area contributed by atoms with Crippen molar-refractivity contribution in [3.63, 3.8) is 0 Å². The summed E-state index contributed by atoms with van der Waals surface area (Å²) in [4.78, 5) is 13.7. The molecule has 5 heteroatoms. The van der Waals surface area contributed by atoms with Crippen molar-refractivity contribution in [2.75, 3.05) is 13.1 Å². The van der Waals surface area contributed by atoms with Crippen molar-refractivity contribution in [2.24, 2.45) is 17.6 Å². The van der Waals surface area contributed by atoms with E-state index in [1.54, 1.807) is 0 Å². The Morgan fingerprint density at radius 1 is 1.04 bits per heavy atom. The molecule has 0 unspecified atom stereocenters. The highest BCUT2D eigenvalue weighted by Crippen LogP contribution is 2.35. The number of nitrogens with zero attached hydrogens (tertiary/aromatic N) is 2. The summed E-state index contributed by atoms with van der Waals surface area (Å²) < 4.78 is 7.40.